The van der Waals surface area contributed by atoms with Crippen molar-refractivity contribution in [1.82, 2.24) is 24.8 Å². The third-order valence-electron chi connectivity index (χ3n) is 3.00. The first-order valence-electron chi connectivity index (χ1n) is 7.27. The number of aromatic nitrogens is 4. The van der Waals surface area contributed by atoms with Crippen LogP contribution in [0.15, 0.2) is 42.0 Å². The molecule has 0 radical (unpaired) electrons. The molecular weight excluding hydrogens is 324 g/mol. The van der Waals surface area contributed by atoms with Gasteiger partial charge in [-0.2, -0.15) is 0 Å². The number of amides is 1. The third-order valence-corrected chi connectivity index (χ3v) is 3.79. The van der Waals surface area contributed by atoms with Gasteiger partial charge in [0.25, 0.3) is 0 Å². The largest absolute Gasteiger partial charge is 0.309 e. The van der Waals surface area contributed by atoms with Crippen LogP contribution >= 0.6 is 11.3 Å². The smallest absolute Gasteiger partial charge is 0.239 e. The predicted octanol–water partition coefficient (Wildman–Crippen LogP) is 2.16. The number of likely N-dealkylation sites (N-methyl/N-ethyl adjacent to an activating group) is 1. The normalized spacial score (nSPS) is 10.8. The van der Waals surface area contributed by atoms with Crippen LogP contribution in [0.5, 0.6) is 0 Å². The van der Waals surface area contributed by atoms with Gasteiger partial charge in [-0.05, 0) is 26.2 Å². The van der Waals surface area contributed by atoms with Crippen molar-refractivity contribution in [2.75, 3.05) is 26.0 Å². The number of carbonyl (C=O) groups excluding carboxylic acids is 1. The molecule has 3 heterocycles. The lowest BCUT2D eigenvalue weighted by Gasteiger charge is -2.11. The highest BCUT2D eigenvalue weighted by Crippen LogP contribution is 2.24. The van der Waals surface area contributed by atoms with E-state index in [0.717, 1.165) is 5.01 Å². The van der Waals surface area contributed by atoms with Crippen molar-refractivity contribution in [3.05, 3.63) is 42.0 Å². The molecule has 1 N–H and O–H groups in total. The number of rotatable bonds is 5. The second-order valence-corrected chi connectivity index (χ2v) is 6.19. The van der Waals surface area contributed by atoms with Crippen molar-refractivity contribution in [2.45, 2.75) is 0 Å². The Morgan fingerprint density at radius 2 is 2.04 bits per heavy atom. The SMILES string of the molecule is CN(C)CC(=O)Nc1cc(-c2nccs2)nc(-c2ccccn2)n1. The zero-order chi connectivity index (χ0) is 16.9. The standard InChI is InChI=1S/C16H16N6OS/c1-22(2)10-14(23)20-13-9-12(16-18-7-8-24-16)19-15(21-13)11-5-3-4-6-17-11/h3-9H,10H2,1-2H3,(H,19,20,21,23). The molecule has 3 aromatic heterocycles. The second-order valence-electron chi connectivity index (χ2n) is 5.30. The molecule has 7 nitrogen and oxygen atoms in total. The summed E-state index contributed by atoms with van der Waals surface area (Å²) in [6.45, 7) is 0.273. The van der Waals surface area contributed by atoms with Gasteiger partial charge in [0.2, 0.25) is 5.91 Å². The summed E-state index contributed by atoms with van der Waals surface area (Å²) >= 11 is 1.48. The highest BCUT2D eigenvalue weighted by Gasteiger charge is 2.13. The Morgan fingerprint density at radius 1 is 1.17 bits per heavy atom. The number of thiazole rings is 1. The third kappa shape index (κ3) is 3.98. The quantitative estimate of drug-likeness (QED) is 0.766. The van der Waals surface area contributed by atoms with Crippen LogP contribution in [0.3, 0.4) is 0 Å². The van der Waals surface area contributed by atoms with Crippen molar-refractivity contribution in [3.8, 4) is 22.2 Å². The van der Waals surface area contributed by atoms with E-state index in [-0.39, 0.29) is 12.5 Å². The van der Waals surface area contributed by atoms with Gasteiger partial charge in [0, 0.05) is 23.8 Å². The Hall–Kier alpha value is -2.71. The average molecular weight is 340 g/mol. The molecule has 3 rings (SSSR count). The van der Waals surface area contributed by atoms with Crippen LogP contribution in [0.25, 0.3) is 22.2 Å². The summed E-state index contributed by atoms with van der Waals surface area (Å²) in [4.78, 5) is 31.3. The molecule has 0 unspecified atom stereocenters. The summed E-state index contributed by atoms with van der Waals surface area (Å²) in [6, 6.07) is 7.24. The summed E-state index contributed by atoms with van der Waals surface area (Å²) in [6.07, 6.45) is 3.39. The minimum atomic E-state index is -0.143. The molecule has 0 aliphatic carbocycles. The number of nitrogens with one attached hydrogen (secondary N) is 1. The highest BCUT2D eigenvalue weighted by molar-refractivity contribution is 7.13. The van der Waals surface area contributed by atoms with E-state index < -0.39 is 0 Å². The lowest BCUT2D eigenvalue weighted by Crippen LogP contribution is -2.27. The Kier molecular flexibility index (Phi) is 4.88. The van der Waals surface area contributed by atoms with E-state index in [0.29, 0.717) is 23.0 Å². The minimum Gasteiger partial charge on any atom is -0.309 e. The molecule has 0 atom stereocenters. The molecule has 122 valence electrons. The monoisotopic (exact) mass is 340 g/mol. The Labute approximate surface area is 143 Å². The first kappa shape index (κ1) is 16.2. The summed E-state index contributed by atoms with van der Waals surface area (Å²) in [5, 5.41) is 5.44. The summed E-state index contributed by atoms with van der Waals surface area (Å²) in [7, 11) is 3.67. The van der Waals surface area contributed by atoms with E-state index in [9.17, 15) is 4.79 Å². The van der Waals surface area contributed by atoms with Crippen LogP contribution in [0.4, 0.5) is 5.82 Å². The fourth-order valence-electron chi connectivity index (χ4n) is 2.05. The van der Waals surface area contributed by atoms with Crippen molar-refractivity contribution in [3.63, 3.8) is 0 Å². The summed E-state index contributed by atoms with van der Waals surface area (Å²) in [5.74, 6) is 0.738. The molecule has 0 spiro atoms. The van der Waals surface area contributed by atoms with E-state index in [2.05, 4.69) is 25.3 Å². The molecule has 0 aliphatic heterocycles. The topological polar surface area (TPSA) is 83.9 Å². The van der Waals surface area contributed by atoms with Crippen molar-refractivity contribution < 1.29 is 4.79 Å². The molecule has 0 bridgehead atoms. The zero-order valence-electron chi connectivity index (χ0n) is 13.3. The number of carbonyl (C=O) groups is 1. The van der Waals surface area contributed by atoms with Gasteiger partial charge in [-0.3, -0.25) is 9.78 Å². The van der Waals surface area contributed by atoms with Gasteiger partial charge in [0.15, 0.2) is 5.82 Å². The number of anilines is 1. The predicted molar refractivity (Wildman–Crippen MR) is 93.6 cm³/mol. The van der Waals surface area contributed by atoms with Gasteiger partial charge in [0.1, 0.15) is 22.2 Å². The molecule has 1 amide bonds. The molecule has 8 heteroatoms. The van der Waals surface area contributed by atoms with Gasteiger partial charge in [0.05, 0.1) is 6.54 Å². The fraction of sp³-hybridized carbons (Fsp3) is 0.188. The minimum absolute atomic E-state index is 0.143. The molecule has 0 aromatic carbocycles. The van der Waals surface area contributed by atoms with Crippen molar-refractivity contribution >= 4 is 23.1 Å². The van der Waals surface area contributed by atoms with Gasteiger partial charge in [-0.25, -0.2) is 15.0 Å². The van der Waals surface area contributed by atoms with E-state index in [1.807, 2.05) is 37.7 Å². The highest BCUT2D eigenvalue weighted by atomic mass is 32.1. The van der Waals surface area contributed by atoms with Gasteiger partial charge in [-0.15, -0.1) is 11.3 Å². The zero-order valence-corrected chi connectivity index (χ0v) is 14.1. The molecule has 0 fully saturated rings. The Balaban J connectivity index is 1.99. The van der Waals surface area contributed by atoms with E-state index >= 15 is 0 Å². The molecule has 0 aliphatic rings. The lowest BCUT2D eigenvalue weighted by atomic mass is 10.3. The number of pyridine rings is 1. The van der Waals surface area contributed by atoms with Crippen molar-refractivity contribution in [1.29, 1.82) is 0 Å². The maximum atomic E-state index is 12.0. The van der Waals surface area contributed by atoms with Gasteiger partial charge < -0.3 is 10.2 Å². The van der Waals surface area contributed by atoms with Gasteiger partial charge in [-0.1, -0.05) is 6.07 Å². The van der Waals surface area contributed by atoms with Crippen molar-refractivity contribution in [2.24, 2.45) is 0 Å². The van der Waals surface area contributed by atoms with Crippen LogP contribution in [0.2, 0.25) is 0 Å². The average Bonchev–Trinajstić information content (AvgIpc) is 3.09. The number of hydrogen-bond donors (Lipinski definition) is 1. The van der Waals surface area contributed by atoms with Crippen LogP contribution in [-0.2, 0) is 4.79 Å². The van der Waals surface area contributed by atoms with Crippen LogP contribution in [0, 0.1) is 0 Å². The molecule has 24 heavy (non-hydrogen) atoms. The fourth-order valence-corrected chi connectivity index (χ4v) is 2.65. The van der Waals surface area contributed by atoms with Gasteiger partial charge >= 0.3 is 0 Å². The van der Waals surface area contributed by atoms with Crippen LogP contribution < -0.4 is 5.32 Å². The van der Waals surface area contributed by atoms with Crippen LogP contribution in [0.1, 0.15) is 0 Å². The Bertz CT molecular complexity index is 820. The van der Waals surface area contributed by atoms with E-state index in [1.165, 1.54) is 11.3 Å². The van der Waals surface area contributed by atoms with Crippen LogP contribution in [-0.4, -0.2) is 51.4 Å². The lowest BCUT2D eigenvalue weighted by molar-refractivity contribution is -0.116. The summed E-state index contributed by atoms with van der Waals surface area (Å²) in [5.41, 5.74) is 1.29. The first-order chi connectivity index (χ1) is 11.6. The maximum Gasteiger partial charge on any atom is 0.239 e. The van der Waals surface area contributed by atoms with E-state index in [1.54, 1.807) is 23.4 Å². The van der Waals surface area contributed by atoms with E-state index in [4.69, 9.17) is 0 Å². The first-order valence-corrected chi connectivity index (χ1v) is 8.15. The molecule has 0 saturated heterocycles. The Morgan fingerprint density at radius 3 is 2.71 bits per heavy atom. The number of nitrogens with zero attached hydrogens (tertiary/aromatic N) is 5. The maximum absolute atomic E-state index is 12.0. The number of hydrogen-bond acceptors (Lipinski definition) is 7. The molecule has 0 saturated carbocycles. The second kappa shape index (κ2) is 7.24. The summed E-state index contributed by atoms with van der Waals surface area (Å²) < 4.78 is 0. The molecule has 3 aromatic rings. The molecular formula is C16H16N6OS.